The first-order valence-electron chi connectivity index (χ1n) is 8.57. The average molecular weight is 332 g/mol. The number of nitrogens with one attached hydrogen (secondary N) is 2. The van der Waals surface area contributed by atoms with Crippen LogP contribution < -0.4 is 16.0 Å². The van der Waals surface area contributed by atoms with Gasteiger partial charge in [0.25, 0.3) is 0 Å². The SMILES string of the molecule is COC(=O)CCNCCC1CCN(c2ccc(C(=N)N)cc2)CC1. The van der Waals surface area contributed by atoms with Gasteiger partial charge >= 0.3 is 5.97 Å². The van der Waals surface area contributed by atoms with Crippen molar-refractivity contribution in [2.75, 3.05) is 38.2 Å². The van der Waals surface area contributed by atoms with Crippen LogP contribution in [-0.4, -0.2) is 45.1 Å². The molecule has 0 aliphatic carbocycles. The lowest BCUT2D eigenvalue weighted by Gasteiger charge is -2.33. The molecule has 6 nitrogen and oxygen atoms in total. The van der Waals surface area contributed by atoms with Crippen LogP contribution in [0.4, 0.5) is 5.69 Å². The number of piperidine rings is 1. The summed E-state index contributed by atoms with van der Waals surface area (Å²) in [5.74, 6) is 0.690. The van der Waals surface area contributed by atoms with E-state index in [-0.39, 0.29) is 11.8 Å². The van der Waals surface area contributed by atoms with Gasteiger partial charge in [-0.1, -0.05) is 0 Å². The van der Waals surface area contributed by atoms with Crippen LogP contribution in [0.25, 0.3) is 0 Å². The smallest absolute Gasteiger partial charge is 0.306 e. The number of nitrogens with two attached hydrogens (primary N) is 1. The third kappa shape index (κ3) is 5.53. The fourth-order valence-corrected chi connectivity index (χ4v) is 3.06. The van der Waals surface area contributed by atoms with E-state index >= 15 is 0 Å². The molecule has 2 rings (SSSR count). The maximum atomic E-state index is 11.0. The zero-order valence-electron chi connectivity index (χ0n) is 14.4. The Morgan fingerprint density at radius 3 is 2.54 bits per heavy atom. The summed E-state index contributed by atoms with van der Waals surface area (Å²) in [6.45, 7) is 3.77. The van der Waals surface area contributed by atoms with Crippen molar-refractivity contribution in [3.05, 3.63) is 29.8 Å². The van der Waals surface area contributed by atoms with Gasteiger partial charge in [0.15, 0.2) is 0 Å². The number of carbonyl (C=O) groups is 1. The second-order valence-electron chi connectivity index (χ2n) is 6.26. The van der Waals surface area contributed by atoms with Gasteiger partial charge in [-0.25, -0.2) is 0 Å². The Morgan fingerprint density at radius 1 is 1.29 bits per heavy atom. The van der Waals surface area contributed by atoms with Gasteiger partial charge in [0.05, 0.1) is 13.5 Å². The van der Waals surface area contributed by atoms with Crippen LogP contribution in [0.3, 0.4) is 0 Å². The lowest BCUT2D eigenvalue weighted by molar-refractivity contribution is -0.140. The predicted molar refractivity (Wildman–Crippen MR) is 96.5 cm³/mol. The molecule has 4 N–H and O–H groups in total. The summed E-state index contributed by atoms with van der Waals surface area (Å²) >= 11 is 0. The molecule has 1 saturated heterocycles. The fourth-order valence-electron chi connectivity index (χ4n) is 3.06. The number of nitrogen functional groups attached to an aromatic ring is 1. The summed E-state index contributed by atoms with van der Waals surface area (Å²) in [7, 11) is 1.42. The minimum atomic E-state index is -0.161. The topological polar surface area (TPSA) is 91.4 Å². The maximum Gasteiger partial charge on any atom is 0.306 e. The third-order valence-electron chi connectivity index (χ3n) is 4.62. The number of carbonyl (C=O) groups excluding carboxylic acids is 1. The molecule has 0 bridgehead atoms. The molecule has 0 saturated carbocycles. The average Bonchev–Trinajstić information content (AvgIpc) is 2.62. The molecule has 0 spiro atoms. The van der Waals surface area contributed by atoms with Crippen molar-refractivity contribution in [1.82, 2.24) is 5.32 Å². The van der Waals surface area contributed by atoms with Gasteiger partial charge in [0.1, 0.15) is 5.84 Å². The summed E-state index contributed by atoms with van der Waals surface area (Å²) < 4.78 is 4.62. The van der Waals surface area contributed by atoms with Crippen molar-refractivity contribution in [2.24, 2.45) is 11.7 Å². The van der Waals surface area contributed by atoms with E-state index in [2.05, 4.69) is 15.0 Å². The number of amidine groups is 1. The molecule has 0 radical (unpaired) electrons. The highest BCUT2D eigenvalue weighted by Crippen LogP contribution is 2.25. The number of anilines is 1. The van der Waals surface area contributed by atoms with E-state index < -0.39 is 0 Å². The fraction of sp³-hybridized carbons (Fsp3) is 0.556. The lowest BCUT2D eigenvalue weighted by atomic mass is 9.93. The predicted octanol–water partition coefficient (Wildman–Crippen LogP) is 1.73. The number of ether oxygens (including phenoxy) is 1. The van der Waals surface area contributed by atoms with Gasteiger partial charge in [0.2, 0.25) is 0 Å². The van der Waals surface area contributed by atoms with Crippen molar-refractivity contribution in [3.8, 4) is 0 Å². The van der Waals surface area contributed by atoms with Crippen molar-refractivity contribution in [1.29, 1.82) is 5.41 Å². The van der Waals surface area contributed by atoms with Gasteiger partial charge in [-0.15, -0.1) is 0 Å². The molecule has 1 heterocycles. The Morgan fingerprint density at radius 2 is 1.96 bits per heavy atom. The maximum absolute atomic E-state index is 11.0. The van der Waals surface area contributed by atoms with E-state index in [1.165, 1.54) is 25.6 Å². The molecule has 1 aromatic rings. The number of methoxy groups -OCH3 is 1. The first-order chi connectivity index (χ1) is 11.6. The molecule has 1 aliphatic rings. The lowest BCUT2D eigenvalue weighted by Crippen LogP contribution is -2.34. The highest BCUT2D eigenvalue weighted by atomic mass is 16.5. The van der Waals surface area contributed by atoms with Gasteiger partial charge in [-0.2, -0.15) is 0 Å². The molecule has 132 valence electrons. The number of hydrogen-bond acceptors (Lipinski definition) is 5. The van der Waals surface area contributed by atoms with E-state index in [0.717, 1.165) is 37.5 Å². The van der Waals surface area contributed by atoms with E-state index in [1.54, 1.807) is 0 Å². The monoisotopic (exact) mass is 332 g/mol. The summed E-state index contributed by atoms with van der Waals surface area (Å²) in [5, 5.41) is 10.7. The normalized spacial score (nSPS) is 15.3. The number of nitrogens with zero attached hydrogens (tertiary/aromatic N) is 1. The van der Waals surface area contributed by atoms with Crippen molar-refractivity contribution < 1.29 is 9.53 Å². The zero-order chi connectivity index (χ0) is 17.4. The molecule has 24 heavy (non-hydrogen) atoms. The largest absolute Gasteiger partial charge is 0.469 e. The molecule has 1 aliphatic heterocycles. The molecular formula is C18H28N4O2. The number of benzene rings is 1. The van der Waals surface area contributed by atoms with Crippen molar-refractivity contribution in [2.45, 2.75) is 25.7 Å². The van der Waals surface area contributed by atoms with Crippen LogP contribution in [0.2, 0.25) is 0 Å². The molecule has 0 amide bonds. The standard InChI is InChI=1S/C18H28N4O2/c1-24-17(23)7-11-21-10-6-14-8-12-22(13-9-14)16-4-2-15(3-5-16)18(19)20/h2-5,14,21H,6-13H2,1H3,(H3,19,20). The van der Waals surface area contributed by atoms with E-state index in [4.69, 9.17) is 11.1 Å². The Kier molecular flexibility index (Phi) is 7.06. The second-order valence-corrected chi connectivity index (χ2v) is 6.26. The van der Waals surface area contributed by atoms with Crippen molar-refractivity contribution >= 4 is 17.5 Å². The molecule has 1 fully saturated rings. The molecular weight excluding hydrogens is 304 g/mol. The van der Waals surface area contributed by atoms with Gasteiger partial charge in [-0.05, 0) is 56.0 Å². The molecule has 6 heteroatoms. The van der Waals surface area contributed by atoms with Crippen LogP contribution >= 0.6 is 0 Å². The van der Waals surface area contributed by atoms with Crippen LogP contribution in [0.15, 0.2) is 24.3 Å². The minimum absolute atomic E-state index is 0.111. The quantitative estimate of drug-likeness (QED) is 0.292. The highest BCUT2D eigenvalue weighted by molar-refractivity contribution is 5.95. The molecule has 0 atom stereocenters. The van der Waals surface area contributed by atoms with Crippen LogP contribution in [0.5, 0.6) is 0 Å². The van der Waals surface area contributed by atoms with Crippen molar-refractivity contribution in [3.63, 3.8) is 0 Å². The van der Waals surface area contributed by atoms with Crippen LogP contribution in [0.1, 0.15) is 31.2 Å². The second kappa shape index (κ2) is 9.27. The first-order valence-corrected chi connectivity index (χ1v) is 8.57. The van der Waals surface area contributed by atoms with Gasteiger partial charge < -0.3 is 20.7 Å². The zero-order valence-corrected chi connectivity index (χ0v) is 14.4. The highest BCUT2D eigenvalue weighted by Gasteiger charge is 2.19. The minimum Gasteiger partial charge on any atom is -0.469 e. The number of esters is 1. The summed E-state index contributed by atoms with van der Waals surface area (Å²) in [6, 6.07) is 7.92. The first kappa shape index (κ1) is 18.3. The van der Waals surface area contributed by atoms with Gasteiger partial charge in [0, 0.05) is 30.9 Å². The molecule has 0 unspecified atom stereocenters. The Hall–Kier alpha value is -2.08. The Balaban J connectivity index is 1.66. The van der Waals surface area contributed by atoms with E-state index in [0.29, 0.717) is 13.0 Å². The Labute approximate surface area is 143 Å². The van der Waals surface area contributed by atoms with Crippen LogP contribution in [0, 0.1) is 11.3 Å². The van der Waals surface area contributed by atoms with Crippen LogP contribution in [-0.2, 0) is 9.53 Å². The summed E-state index contributed by atoms with van der Waals surface area (Å²) in [5.41, 5.74) is 7.46. The van der Waals surface area contributed by atoms with Gasteiger partial charge in [-0.3, -0.25) is 10.2 Å². The Bertz CT molecular complexity index is 536. The third-order valence-corrected chi connectivity index (χ3v) is 4.62. The number of rotatable bonds is 8. The number of hydrogen-bond donors (Lipinski definition) is 3. The summed E-state index contributed by atoms with van der Waals surface area (Å²) in [4.78, 5) is 13.4. The van der Waals surface area contributed by atoms with E-state index in [1.807, 2.05) is 24.3 Å². The summed E-state index contributed by atoms with van der Waals surface area (Å²) in [6.07, 6.45) is 3.96. The molecule has 1 aromatic carbocycles. The van der Waals surface area contributed by atoms with E-state index in [9.17, 15) is 4.79 Å². The molecule has 0 aromatic heterocycles.